The van der Waals surface area contributed by atoms with E-state index in [9.17, 15) is 4.79 Å². The van der Waals surface area contributed by atoms with Gasteiger partial charge in [-0.25, -0.2) is 0 Å². The maximum atomic E-state index is 12.5. The summed E-state index contributed by atoms with van der Waals surface area (Å²) in [6, 6.07) is 12.6. The van der Waals surface area contributed by atoms with Crippen LogP contribution in [0.1, 0.15) is 48.0 Å². The molecule has 134 valence electrons. The van der Waals surface area contributed by atoms with Crippen LogP contribution in [0.25, 0.3) is 0 Å². The van der Waals surface area contributed by atoms with E-state index in [1.807, 2.05) is 18.2 Å². The number of halogens is 2. The Morgan fingerprint density at radius 2 is 1.77 bits per heavy atom. The lowest BCUT2D eigenvalue weighted by molar-refractivity contribution is -0.130. The van der Waals surface area contributed by atoms with Crippen molar-refractivity contribution in [3.8, 4) is 0 Å². The number of rotatable bonds is 2. The van der Waals surface area contributed by atoms with Crippen LogP contribution in [0, 0.1) is 0 Å². The minimum atomic E-state index is 0.131. The molecular weight excluding hydrogens is 367 g/mol. The molecular formula is C21H20Cl2N2O. The van der Waals surface area contributed by atoms with E-state index in [4.69, 9.17) is 23.2 Å². The highest BCUT2D eigenvalue weighted by Crippen LogP contribution is 2.51. The Labute approximate surface area is 163 Å². The second-order valence-corrected chi connectivity index (χ2v) is 8.27. The molecule has 1 fully saturated rings. The first-order chi connectivity index (χ1) is 12.6. The van der Waals surface area contributed by atoms with Gasteiger partial charge in [0, 0.05) is 35.2 Å². The van der Waals surface area contributed by atoms with Crippen LogP contribution in [0.15, 0.2) is 36.4 Å². The number of amides is 1. The first kappa shape index (κ1) is 16.5. The van der Waals surface area contributed by atoms with Gasteiger partial charge >= 0.3 is 0 Å². The van der Waals surface area contributed by atoms with Crippen LogP contribution in [0.5, 0.6) is 0 Å². The Bertz CT molecular complexity index is 898. The molecule has 3 aliphatic rings. The lowest BCUT2D eigenvalue weighted by Gasteiger charge is -2.43. The summed E-state index contributed by atoms with van der Waals surface area (Å²) in [6.45, 7) is 1.85. The number of likely N-dealkylation sites (tertiary alicyclic amines) is 1. The molecule has 0 aromatic heterocycles. The molecule has 2 aromatic carbocycles. The van der Waals surface area contributed by atoms with Crippen LogP contribution in [-0.2, 0) is 11.2 Å². The van der Waals surface area contributed by atoms with Crippen molar-refractivity contribution in [1.29, 1.82) is 0 Å². The van der Waals surface area contributed by atoms with Gasteiger partial charge in [0.05, 0.1) is 12.1 Å². The van der Waals surface area contributed by atoms with Crippen LogP contribution in [-0.4, -0.2) is 23.9 Å². The number of nitrogens with zero attached hydrogens (tertiary/aromatic N) is 2. The Morgan fingerprint density at radius 1 is 0.923 bits per heavy atom. The summed E-state index contributed by atoms with van der Waals surface area (Å²) >= 11 is 12.7. The molecule has 2 unspecified atom stereocenters. The largest absolute Gasteiger partial charge is 0.363 e. The summed E-state index contributed by atoms with van der Waals surface area (Å²) in [5.41, 5.74) is 5.11. The van der Waals surface area contributed by atoms with Gasteiger partial charge in [0.1, 0.15) is 0 Å². The van der Waals surface area contributed by atoms with Crippen molar-refractivity contribution in [2.24, 2.45) is 0 Å². The van der Waals surface area contributed by atoms with Crippen molar-refractivity contribution in [1.82, 2.24) is 4.90 Å². The normalized spacial score (nSPS) is 24.3. The van der Waals surface area contributed by atoms with Crippen molar-refractivity contribution in [3.05, 3.63) is 63.1 Å². The Hall–Kier alpha value is -1.71. The van der Waals surface area contributed by atoms with E-state index in [0.29, 0.717) is 16.5 Å². The minimum absolute atomic E-state index is 0.131. The number of benzene rings is 2. The van der Waals surface area contributed by atoms with E-state index in [-0.39, 0.29) is 18.0 Å². The maximum absolute atomic E-state index is 12.5. The van der Waals surface area contributed by atoms with Gasteiger partial charge in [-0.05, 0) is 48.1 Å². The highest BCUT2D eigenvalue weighted by atomic mass is 35.5. The third-order valence-corrected chi connectivity index (χ3v) is 6.61. The lowest BCUT2D eigenvalue weighted by Crippen LogP contribution is -2.39. The Kier molecular flexibility index (Phi) is 3.91. The fourth-order valence-electron chi connectivity index (χ4n) is 4.92. The molecule has 0 spiro atoms. The summed E-state index contributed by atoms with van der Waals surface area (Å²) < 4.78 is 0. The molecule has 1 amide bonds. The molecule has 0 aliphatic carbocycles. The van der Waals surface area contributed by atoms with E-state index < -0.39 is 0 Å². The average molecular weight is 387 g/mol. The minimum Gasteiger partial charge on any atom is -0.363 e. The van der Waals surface area contributed by atoms with Crippen molar-refractivity contribution < 1.29 is 4.79 Å². The molecule has 0 bridgehead atoms. The summed E-state index contributed by atoms with van der Waals surface area (Å²) in [5.74, 6) is 0.278. The number of para-hydroxylation sites is 1. The average Bonchev–Trinajstić information content (AvgIpc) is 3.24. The van der Waals surface area contributed by atoms with E-state index in [0.717, 1.165) is 37.9 Å². The number of hydrogen-bond acceptors (Lipinski definition) is 2. The van der Waals surface area contributed by atoms with Gasteiger partial charge in [-0.15, -0.1) is 0 Å². The molecule has 0 saturated carbocycles. The Balaban J connectivity index is 1.64. The second kappa shape index (κ2) is 6.17. The number of hydrogen-bond donors (Lipinski definition) is 0. The number of carbonyl (C=O) groups is 1. The van der Waals surface area contributed by atoms with Crippen molar-refractivity contribution in [2.75, 3.05) is 18.0 Å². The molecule has 3 aliphatic heterocycles. The summed E-state index contributed by atoms with van der Waals surface area (Å²) in [6.07, 6.45) is 3.55. The van der Waals surface area contributed by atoms with Gasteiger partial charge in [0.15, 0.2) is 0 Å². The fourth-order valence-corrected chi connectivity index (χ4v) is 5.46. The van der Waals surface area contributed by atoms with Gasteiger partial charge in [-0.3, -0.25) is 4.79 Å². The van der Waals surface area contributed by atoms with Gasteiger partial charge < -0.3 is 9.80 Å². The molecule has 1 saturated heterocycles. The molecule has 3 heterocycles. The highest BCUT2D eigenvalue weighted by molar-refractivity contribution is 6.35. The van der Waals surface area contributed by atoms with Crippen LogP contribution >= 0.6 is 23.2 Å². The Morgan fingerprint density at radius 3 is 2.54 bits per heavy atom. The smallest absolute Gasteiger partial charge is 0.223 e. The van der Waals surface area contributed by atoms with E-state index in [1.165, 1.54) is 16.8 Å². The predicted octanol–water partition coefficient (Wildman–Crippen LogP) is 5.16. The molecule has 2 atom stereocenters. The standard InChI is InChI=1S/C21H20Cl2N2O/c22-14-6-7-15(17(23)11-14)18-12-19(24-9-2-5-20(24)26)16-4-1-3-13-8-10-25(18)21(13)16/h1,3-4,6-7,11,18-19H,2,5,8-10,12H2. The van der Waals surface area contributed by atoms with E-state index in [1.54, 1.807) is 0 Å². The molecule has 0 radical (unpaired) electrons. The third-order valence-electron chi connectivity index (χ3n) is 6.05. The van der Waals surface area contributed by atoms with Crippen LogP contribution < -0.4 is 4.90 Å². The van der Waals surface area contributed by atoms with Gasteiger partial charge in [0.2, 0.25) is 5.91 Å². The summed E-state index contributed by atoms with van der Waals surface area (Å²) in [7, 11) is 0. The molecule has 2 aromatic rings. The zero-order valence-electron chi connectivity index (χ0n) is 14.4. The zero-order valence-corrected chi connectivity index (χ0v) is 15.9. The first-order valence-electron chi connectivity index (χ1n) is 9.26. The van der Waals surface area contributed by atoms with Gasteiger partial charge in [-0.2, -0.15) is 0 Å². The molecule has 0 N–H and O–H groups in total. The number of carbonyl (C=O) groups excluding carboxylic acids is 1. The number of anilines is 1. The second-order valence-electron chi connectivity index (χ2n) is 7.42. The summed E-state index contributed by atoms with van der Waals surface area (Å²) in [5, 5.41) is 1.37. The highest BCUT2D eigenvalue weighted by Gasteiger charge is 2.42. The SMILES string of the molecule is O=C1CCCN1C1CC(c2ccc(Cl)cc2Cl)N2CCc3cccc1c32. The summed E-state index contributed by atoms with van der Waals surface area (Å²) in [4.78, 5) is 17.1. The topological polar surface area (TPSA) is 23.6 Å². The van der Waals surface area contributed by atoms with E-state index >= 15 is 0 Å². The molecule has 5 heteroatoms. The molecule has 26 heavy (non-hydrogen) atoms. The maximum Gasteiger partial charge on any atom is 0.223 e. The third kappa shape index (κ3) is 2.44. The first-order valence-corrected chi connectivity index (χ1v) is 10.0. The van der Waals surface area contributed by atoms with Gasteiger partial charge in [-0.1, -0.05) is 47.5 Å². The predicted molar refractivity (Wildman–Crippen MR) is 105 cm³/mol. The monoisotopic (exact) mass is 386 g/mol. The van der Waals surface area contributed by atoms with E-state index in [2.05, 4.69) is 28.0 Å². The fraction of sp³-hybridized carbons (Fsp3) is 0.381. The van der Waals surface area contributed by atoms with Crippen LogP contribution in [0.3, 0.4) is 0 Å². The molecule has 5 rings (SSSR count). The zero-order chi connectivity index (χ0) is 17.8. The lowest BCUT2D eigenvalue weighted by atomic mass is 9.86. The van der Waals surface area contributed by atoms with Crippen molar-refractivity contribution in [2.45, 2.75) is 37.8 Å². The van der Waals surface area contributed by atoms with Crippen molar-refractivity contribution >= 4 is 34.8 Å². The van der Waals surface area contributed by atoms with Crippen LogP contribution in [0.2, 0.25) is 10.0 Å². The van der Waals surface area contributed by atoms with Crippen molar-refractivity contribution in [3.63, 3.8) is 0 Å². The van der Waals surface area contributed by atoms with Crippen LogP contribution in [0.4, 0.5) is 5.69 Å². The van der Waals surface area contributed by atoms with Gasteiger partial charge in [0.25, 0.3) is 0 Å². The molecule has 3 nitrogen and oxygen atoms in total. The quantitative estimate of drug-likeness (QED) is 0.710.